The summed E-state index contributed by atoms with van der Waals surface area (Å²) in [4.78, 5) is 11.6. The fraction of sp³-hybridized carbons (Fsp3) is 0.381. The Morgan fingerprint density at radius 1 is 1.00 bits per heavy atom. The molecule has 0 aliphatic rings. The predicted octanol–water partition coefficient (Wildman–Crippen LogP) is 2.71. The van der Waals surface area contributed by atoms with Crippen LogP contribution in [-0.4, -0.2) is 50.7 Å². The van der Waals surface area contributed by atoms with E-state index in [4.69, 9.17) is 0 Å². The van der Waals surface area contributed by atoms with Crippen LogP contribution in [0.1, 0.15) is 26.7 Å². The number of amides is 1. The van der Waals surface area contributed by atoms with E-state index in [0.717, 1.165) is 19.1 Å². The minimum atomic E-state index is -0.411. The Hall–Kier alpha value is -0.778. The van der Waals surface area contributed by atoms with Crippen molar-refractivity contribution in [2.75, 3.05) is 12.7 Å². The first-order valence-electron chi connectivity index (χ1n) is 9.20. The second-order valence-corrected chi connectivity index (χ2v) is 10.3. The molecule has 2 aromatic rings. The molecule has 2 aromatic carbocycles. The van der Waals surface area contributed by atoms with E-state index in [0.29, 0.717) is 44.4 Å². The summed E-state index contributed by atoms with van der Waals surface area (Å²) in [6.45, 7) is 5.30. The van der Waals surface area contributed by atoms with Gasteiger partial charge in [0.05, 0.1) is 0 Å². The Morgan fingerprint density at radius 3 is 2.00 bits per heavy atom. The Balaban J connectivity index is 2.14. The molecule has 1 amide bonds. The van der Waals surface area contributed by atoms with Crippen molar-refractivity contribution in [3.63, 3.8) is 0 Å². The van der Waals surface area contributed by atoms with E-state index < -0.39 is 7.92 Å². The molecule has 0 saturated carbocycles. The van der Waals surface area contributed by atoms with Gasteiger partial charge in [-0.2, -0.15) is 0 Å². The second-order valence-electron chi connectivity index (χ2n) is 6.88. The Labute approximate surface area is 175 Å². The van der Waals surface area contributed by atoms with Crippen LogP contribution in [0.4, 0.5) is 0 Å². The fourth-order valence-electron chi connectivity index (χ4n) is 3.05. The van der Waals surface area contributed by atoms with Crippen molar-refractivity contribution in [1.82, 2.24) is 8.44 Å². The van der Waals surface area contributed by atoms with Crippen molar-refractivity contribution in [1.29, 1.82) is 0 Å². The maximum atomic E-state index is 11.6. The monoisotopic (exact) mass is 560 g/mol. The van der Waals surface area contributed by atoms with Crippen LogP contribution in [-0.2, 0) is 4.79 Å². The first-order valence-corrected chi connectivity index (χ1v) is 13.0. The minimum absolute atomic E-state index is 0.166. The van der Waals surface area contributed by atoms with Crippen molar-refractivity contribution in [3.8, 4) is 0 Å². The third-order valence-corrected chi connectivity index (χ3v) is 8.14. The van der Waals surface area contributed by atoms with E-state index in [1.807, 2.05) is 0 Å². The van der Waals surface area contributed by atoms with Gasteiger partial charge in [-0.05, 0) is 0 Å². The summed E-state index contributed by atoms with van der Waals surface area (Å²) in [5.41, 5.74) is 0. The molecule has 0 spiro atoms. The molecule has 136 valence electrons. The molecule has 0 aliphatic heterocycles. The van der Waals surface area contributed by atoms with Crippen molar-refractivity contribution in [3.05, 3.63) is 60.7 Å². The van der Waals surface area contributed by atoms with Gasteiger partial charge in [-0.25, -0.2) is 0 Å². The summed E-state index contributed by atoms with van der Waals surface area (Å²) in [6, 6.07) is 22.1. The summed E-state index contributed by atoms with van der Waals surface area (Å²) < 4.78 is 2.86. The average molecular weight is 560 g/mol. The van der Waals surface area contributed by atoms with Gasteiger partial charge in [-0.1, -0.05) is 0 Å². The Bertz CT molecular complexity index is 612. The van der Waals surface area contributed by atoms with E-state index in [9.17, 15) is 4.79 Å². The molecule has 0 radical (unpaired) electrons. The molecule has 0 aromatic heterocycles. The van der Waals surface area contributed by atoms with E-state index >= 15 is 0 Å². The zero-order valence-corrected chi connectivity index (χ0v) is 21.1. The third kappa shape index (κ3) is 7.45. The van der Waals surface area contributed by atoms with Crippen molar-refractivity contribution < 1.29 is 4.79 Å². The molecule has 0 bridgehead atoms. The van der Waals surface area contributed by atoms with Crippen LogP contribution in [0.5, 0.6) is 0 Å². The maximum absolute atomic E-state index is 11.6. The van der Waals surface area contributed by atoms with Gasteiger partial charge in [0, 0.05) is 0 Å². The molecular weight excluding hydrogens is 532 g/mol. The molecule has 1 atom stereocenters. The molecule has 0 aliphatic carbocycles. The van der Waals surface area contributed by atoms with E-state index in [1.54, 1.807) is 0 Å². The Morgan fingerprint density at radius 2 is 1.54 bits per heavy atom. The fourth-order valence-corrected chi connectivity index (χ4v) is 6.11. The summed E-state index contributed by atoms with van der Waals surface area (Å²) in [5, 5.41) is 6.50. The van der Waals surface area contributed by atoms with Crippen LogP contribution in [0, 0.1) is 5.92 Å². The molecule has 3 nitrogen and oxygen atoms in total. The molecule has 0 saturated heterocycles. The van der Waals surface area contributed by atoms with E-state index in [-0.39, 0.29) is 5.91 Å². The molecule has 2 rings (SSSR count). The predicted molar refractivity (Wildman–Crippen MR) is 114 cm³/mol. The van der Waals surface area contributed by atoms with Crippen LogP contribution in [0.25, 0.3) is 0 Å². The van der Waals surface area contributed by atoms with Gasteiger partial charge in [-0.3, -0.25) is 0 Å². The average Bonchev–Trinajstić information content (AvgIpc) is 2.66. The number of hydrogen-bond donors (Lipinski definition) is 2. The second kappa shape index (κ2) is 11.8. The van der Waals surface area contributed by atoms with Gasteiger partial charge >= 0.3 is 176 Å². The van der Waals surface area contributed by atoms with Crippen LogP contribution in [0.3, 0.4) is 0 Å². The number of benzene rings is 2. The van der Waals surface area contributed by atoms with Crippen molar-refractivity contribution >= 4 is 50.5 Å². The van der Waals surface area contributed by atoms with Gasteiger partial charge in [0.2, 0.25) is 0 Å². The molecule has 0 heterocycles. The van der Waals surface area contributed by atoms with E-state index in [2.05, 4.69) is 83.0 Å². The molecule has 26 heavy (non-hydrogen) atoms. The van der Waals surface area contributed by atoms with Crippen LogP contribution in [0.2, 0.25) is 0 Å². The molecule has 0 unspecified atom stereocenters. The first-order chi connectivity index (χ1) is 12.6. The molecule has 0 fully saturated rings. The van der Waals surface area contributed by atoms with E-state index in [1.165, 1.54) is 10.6 Å². The first kappa shape index (κ1) is 21.5. The number of carbonyl (C=O) groups is 1. The number of nitrogens with one attached hydrogen (secondary N) is 2. The summed E-state index contributed by atoms with van der Waals surface area (Å²) >= 11 is 0.531. The third-order valence-electron chi connectivity index (χ3n) is 4.24. The van der Waals surface area contributed by atoms with Gasteiger partial charge in [0.1, 0.15) is 0 Å². The normalized spacial score (nSPS) is 12.3. The summed E-state index contributed by atoms with van der Waals surface area (Å²) in [7, 11) is -0.411. The number of hydrogen-bond acceptors (Lipinski definition) is 2. The SMILES string of the molecule is CC(C)C[C@@H](CP(c1ccccc1)c1ccccc1)NCCC(=O)[NH][Tl]. The van der Waals surface area contributed by atoms with Gasteiger partial charge in [-0.15, -0.1) is 0 Å². The van der Waals surface area contributed by atoms with Crippen LogP contribution in [0.15, 0.2) is 60.7 Å². The molecule has 5 heteroatoms. The molecular formula is C21H28N2OPTl. The number of rotatable bonds is 10. The van der Waals surface area contributed by atoms with Crippen molar-refractivity contribution in [2.45, 2.75) is 32.7 Å². The summed E-state index contributed by atoms with van der Waals surface area (Å²) in [6.07, 6.45) is 2.80. The Kier molecular flexibility index (Phi) is 9.80. The van der Waals surface area contributed by atoms with Gasteiger partial charge in [0.15, 0.2) is 0 Å². The zero-order chi connectivity index (χ0) is 18.8. The van der Waals surface area contributed by atoms with Gasteiger partial charge < -0.3 is 0 Å². The standard InChI is InChI=1S/C21H29N2OP.Tl/c1-17(2)15-18(23-14-13-21(22)24)16-25(19-9-5-3-6-10-19)20-11-7-4-8-12-20;/h3-12,17-18,23H,13-16H2,1-2H3,(H2,22,24);/q;+1/p-1/t18-;/m0./s1. The number of carbonyl (C=O) groups excluding carboxylic acids is 1. The van der Waals surface area contributed by atoms with Gasteiger partial charge in [0.25, 0.3) is 0 Å². The van der Waals surface area contributed by atoms with Crippen LogP contribution >= 0.6 is 7.92 Å². The quantitative estimate of drug-likeness (QED) is 0.347. The summed E-state index contributed by atoms with van der Waals surface area (Å²) in [5.74, 6) is 0.795. The van der Waals surface area contributed by atoms with Crippen LogP contribution < -0.4 is 19.1 Å². The topological polar surface area (TPSA) is 41.1 Å². The van der Waals surface area contributed by atoms with Crippen molar-refractivity contribution in [2.24, 2.45) is 5.92 Å². The molecule has 2 N–H and O–H groups in total. The zero-order valence-electron chi connectivity index (χ0n) is 15.7.